The van der Waals surface area contributed by atoms with Gasteiger partial charge in [-0.1, -0.05) is 0 Å². The van der Waals surface area contributed by atoms with Gasteiger partial charge in [-0.15, -0.1) is 11.3 Å². The molecule has 0 aliphatic heterocycles. The Morgan fingerprint density at radius 2 is 1.81 bits per heavy atom. The van der Waals surface area contributed by atoms with Crippen molar-refractivity contribution in [3.05, 3.63) is 44.6 Å². The summed E-state index contributed by atoms with van der Waals surface area (Å²) in [6, 6.07) is 9.15. The summed E-state index contributed by atoms with van der Waals surface area (Å²) in [5, 5.41) is 0. The number of hydrogen-bond acceptors (Lipinski definition) is 4. The van der Waals surface area contributed by atoms with Crippen LogP contribution in [0.2, 0.25) is 0 Å². The third kappa shape index (κ3) is 3.98. The molecule has 0 saturated heterocycles. The van der Waals surface area contributed by atoms with E-state index in [4.69, 9.17) is 9.47 Å². The zero-order chi connectivity index (χ0) is 15.4. The number of amides is 1. The van der Waals surface area contributed by atoms with Crippen molar-refractivity contribution in [3.63, 3.8) is 0 Å². The Morgan fingerprint density at radius 3 is 2.29 bits per heavy atom. The zero-order valence-corrected chi connectivity index (χ0v) is 14.5. The highest BCUT2D eigenvalue weighted by molar-refractivity contribution is 9.11. The van der Waals surface area contributed by atoms with Gasteiger partial charge in [-0.05, 0) is 40.2 Å². The van der Waals surface area contributed by atoms with Crippen LogP contribution in [-0.2, 0) is 6.54 Å². The predicted molar refractivity (Wildman–Crippen MR) is 87.4 cm³/mol. The number of nitrogens with zero attached hydrogens (tertiary/aromatic N) is 1. The highest BCUT2D eigenvalue weighted by atomic mass is 79.9. The minimum atomic E-state index is -0.0725. The second-order valence-electron chi connectivity index (χ2n) is 4.47. The second-order valence-corrected chi connectivity index (χ2v) is 7.02. The molecule has 1 heterocycles. The summed E-state index contributed by atoms with van der Waals surface area (Å²) in [6.45, 7) is 0.564. The summed E-state index contributed by atoms with van der Waals surface area (Å²) in [4.78, 5) is 15.3. The fourth-order valence-electron chi connectivity index (χ4n) is 1.89. The summed E-state index contributed by atoms with van der Waals surface area (Å²) < 4.78 is 11.4. The topological polar surface area (TPSA) is 38.8 Å². The summed E-state index contributed by atoms with van der Waals surface area (Å²) in [7, 11) is 4.91. The van der Waals surface area contributed by atoms with Crippen molar-refractivity contribution in [3.8, 4) is 11.5 Å². The van der Waals surface area contributed by atoms with E-state index in [9.17, 15) is 4.79 Å². The monoisotopic (exact) mass is 369 g/mol. The SMILES string of the molecule is COc1cc(OC)cc(C(=O)N(C)Cc2ccc(Br)s2)c1. The lowest BCUT2D eigenvalue weighted by molar-refractivity contribution is 0.0785. The van der Waals surface area contributed by atoms with Crippen molar-refractivity contribution in [2.75, 3.05) is 21.3 Å². The van der Waals surface area contributed by atoms with Gasteiger partial charge in [-0.3, -0.25) is 4.79 Å². The maximum absolute atomic E-state index is 12.5. The average molecular weight is 370 g/mol. The minimum Gasteiger partial charge on any atom is -0.497 e. The smallest absolute Gasteiger partial charge is 0.254 e. The van der Waals surface area contributed by atoms with Gasteiger partial charge in [0.15, 0.2) is 0 Å². The Hall–Kier alpha value is -1.53. The van der Waals surface area contributed by atoms with Crippen LogP contribution in [0.3, 0.4) is 0 Å². The molecule has 0 spiro atoms. The highest BCUT2D eigenvalue weighted by Crippen LogP contribution is 2.25. The molecule has 0 bridgehead atoms. The van der Waals surface area contributed by atoms with Crippen LogP contribution in [0.4, 0.5) is 0 Å². The lowest BCUT2D eigenvalue weighted by Crippen LogP contribution is -2.25. The van der Waals surface area contributed by atoms with Gasteiger partial charge in [0.25, 0.3) is 5.91 Å². The fraction of sp³-hybridized carbons (Fsp3) is 0.267. The molecule has 2 rings (SSSR count). The van der Waals surface area contributed by atoms with Gasteiger partial charge < -0.3 is 14.4 Å². The van der Waals surface area contributed by atoms with Crippen LogP contribution in [0.1, 0.15) is 15.2 Å². The van der Waals surface area contributed by atoms with Gasteiger partial charge >= 0.3 is 0 Å². The van der Waals surface area contributed by atoms with Crippen molar-refractivity contribution in [2.24, 2.45) is 0 Å². The molecule has 0 fully saturated rings. The lowest BCUT2D eigenvalue weighted by atomic mass is 10.1. The molecule has 0 atom stereocenters. The number of ether oxygens (including phenoxy) is 2. The average Bonchev–Trinajstić information content (AvgIpc) is 2.90. The van der Waals surface area contributed by atoms with Crippen LogP contribution < -0.4 is 9.47 Å². The normalized spacial score (nSPS) is 10.3. The van der Waals surface area contributed by atoms with Crippen molar-refractivity contribution in [1.29, 1.82) is 0 Å². The Labute approximate surface area is 136 Å². The first-order valence-electron chi connectivity index (χ1n) is 6.26. The molecule has 6 heteroatoms. The second kappa shape index (κ2) is 6.95. The molecule has 4 nitrogen and oxygen atoms in total. The molecule has 1 aromatic heterocycles. The Bertz CT molecular complexity index is 619. The molecule has 1 amide bonds. The molecular weight excluding hydrogens is 354 g/mol. The molecule has 0 aliphatic carbocycles. The summed E-state index contributed by atoms with van der Waals surface area (Å²) in [6.07, 6.45) is 0. The molecule has 0 saturated carbocycles. The number of rotatable bonds is 5. The Balaban J connectivity index is 2.18. The van der Waals surface area contributed by atoms with Crippen LogP contribution in [-0.4, -0.2) is 32.1 Å². The standard InChI is InChI=1S/C15H16BrNO3S/c1-17(9-13-4-5-14(16)21-13)15(18)10-6-11(19-2)8-12(7-10)20-3/h4-8H,9H2,1-3H3. The maximum atomic E-state index is 12.5. The van der Waals surface area contributed by atoms with E-state index in [1.54, 1.807) is 55.7 Å². The first-order valence-corrected chi connectivity index (χ1v) is 7.87. The van der Waals surface area contributed by atoms with Gasteiger partial charge in [-0.2, -0.15) is 0 Å². The molecule has 0 radical (unpaired) electrons. The van der Waals surface area contributed by atoms with E-state index in [0.29, 0.717) is 23.6 Å². The van der Waals surface area contributed by atoms with Crippen molar-refractivity contribution >= 4 is 33.2 Å². The molecule has 0 N–H and O–H groups in total. The summed E-state index contributed by atoms with van der Waals surface area (Å²) in [5.74, 6) is 1.13. The highest BCUT2D eigenvalue weighted by Gasteiger charge is 2.15. The predicted octanol–water partition coefficient (Wildman–Crippen LogP) is 3.80. The zero-order valence-electron chi connectivity index (χ0n) is 12.1. The van der Waals surface area contributed by atoms with Gasteiger partial charge in [0.05, 0.1) is 24.6 Å². The first-order chi connectivity index (χ1) is 10.0. The molecule has 2 aromatic rings. The van der Waals surface area contributed by atoms with Gasteiger partial charge in [0.2, 0.25) is 0 Å². The van der Waals surface area contributed by atoms with E-state index in [0.717, 1.165) is 8.66 Å². The van der Waals surface area contributed by atoms with Crippen LogP contribution in [0.5, 0.6) is 11.5 Å². The summed E-state index contributed by atoms with van der Waals surface area (Å²) in [5.41, 5.74) is 0.546. The van der Waals surface area contributed by atoms with E-state index in [1.165, 1.54) is 0 Å². The van der Waals surface area contributed by atoms with E-state index < -0.39 is 0 Å². The van der Waals surface area contributed by atoms with E-state index in [-0.39, 0.29) is 5.91 Å². The largest absolute Gasteiger partial charge is 0.497 e. The Kier molecular flexibility index (Phi) is 5.25. The molecule has 112 valence electrons. The molecular formula is C15H16BrNO3S. The van der Waals surface area contributed by atoms with Crippen LogP contribution in [0.15, 0.2) is 34.1 Å². The fourth-order valence-corrected chi connectivity index (χ4v) is 3.43. The van der Waals surface area contributed by atoms with Gasteiger partial charge in [-0.25, -0.2) is 0 Å². The van der Waals surface area contributed by atoms with Crippen LogP contribution in [0.25, 0.3) is 0 Å². The van der Waals surface area contributed by atoms with Crippen LogP contribution >= 0.6 is 27.3 Å². The van der Waals surface area contributed by atoms with Crippen molar-refractivity contribution in [2.45, 2.75) is 6.54 Å². The van der Waals surface area contributed by atoms with Gasteiger partial charge in [0.1, 0.15) is 11.5 Å². The van der Waals surface area contributed by atoms with E-state index >= 15 is 0 Å². The maximum Gasteiger partial charge on any atom is 0.254 e. The number of carbonyl (C=O) groups excluding carboxylic acids is 1. The number of hydrogen-bond donors (Lipinski definition) is 0. The first kappa shape index (κ1) is 15.9. The minimum absolute atomic E-state index is 0.0725. The summed E-state index contributed by atoms with van der Waals surface area (Å²) >= 11 is 5.04. The van der Waals surface area contributed by atoms with E-state index in [2.05, 4.69) is 15.9 Å². The number of thiophene rings is 1. The third-order valence-electron chi connectivity index (χ3n) is 2.97. The van der Waals surface area contributed by atoms with Crippen molar-refractivity contribution in [1.82, 2.24) is 4.90 Å². The molecule has 0 aliphatic rings. The lowest BCUT2D eigenvalue weighted by Gasteiger charge is -2.17. The molecule has 0 unspecified atom stereocenters. The third-order valence-corrected chi connectivity index (χ3v) is 4.58. The number of carbonyl (C=O) groups is 1. The quantitative estimate of drug-likeness (QED) is 0.804. The molecule has 1 aromatic carbocycles. The number of halogens is 1. The van der Waals surface area contributed by atoms with Crippen LogP contribution in [0, 0.1) is 0 Å². The van der Waals surface area contributed by atoms with E-state index in [1.807, 2.05) is 12.1 Å². The molecule has 21 heavy (non-hydrogen) atoms. The Morgan fingerprint density at radius 1 is 1.19 bits per heavy atom. The van der Waals surface area contributed by atoms with Gasteiger partial charge in [0, 0.05) is 23.6 Å². The van der Waals surface area contributed by atoms with Crippen molar-refractivity contribution < 1.29 is 14.3 Å². The number of benzene rings is 1. The number of methoxy groups -OCH3 is 2.